The van der Waals surface area contributed by atoms with Crippen molar-refractivity contribution in [2.75, 3.05) is 25.1 Å². The van der Waals surface area contributed by atoms with Crippen LogP contribution in [-0.4, -0.2) is 37.3 Å². The Hall–Kier alpha value is -2.08. The first-order chi connectivity index (χ1) is 11.9. The van der Waals surface area contributed by atoms with Gasteiger partial charge in [-0.25, -0.2) is 4.79 Å². The van der Waals surface area contributed by atoms with Crippen molar-refractivity contribution in [3.8, 4) is 5.75 Å². The molecule has 140 valence electrons. The number of nitrogens with one attached hydrogen (secondary N) is 1. The van der Waals surface area contributed by atoms with Crippen molar-refractivity contribution in [3.05, 3.63) is 23.8 Å². The molecule has 6 nitrogen and oxygen atoms in total. The number of anilines is 1. The maximum absolute atomic E-state index is 12.6. The van der Waals surface area contributed by atoms with E-state index in [1.807, 2.05) is 20.8 Å². The summed E-state index contributed by atoms with van der Waals surface area (Å²) in [5.74, 6) is -0.301. The Bertz CT molecular complexity index is 587. The molecule has 0 spiro atoms. The maximum atomic E-state index is 12.6. The van der Waals surface area contributed by atoms with Crippen molar-refractivity contribution in [1.82, 2.24) is 0 Å². The molecule has 0 unspecified atom stereocenters. The van der Waals surface area contributed by atoms with Gasteiger partial charge in [0.2, 0.25) is 0 Å². The molecule has 1 amide bonds. The molecule has 0 saturated heterocycles. The number of benzene rings is 1. The molecular weight excluding hydrogens is 322 g/mol. The molecular formula is C19H29NO5. The van der Waals surface area contributed by atoms with Crippen LogP contribution >= 0.6 is 0 Å². The van der Waals surface area contributed by atoms with E-state index in [9.17, 15) is 9.59 Å². The average molecular weight is 351 g/mol. The smallest absolute Gasteiger partial charge is 0.341 e. The Morgan fingerprint density at radius 1 is 1.12 bits per heavy atom. The molecule has 1 aromatic carbocycles. The Kier molecular flexibility index (Phi) is 8.41. The summed E-state index contributed by atoms with van der Waals surface area (Å²) >= 11 is 0. The summed E-state index contributed by atoms with van der Waals surface area (Å²) in [5, 5.41) is 2.82. The molecule has 0 aromatic heterocycles. The molecule has 1 N–H and O–H groups in total. The number of ether oxygens (including phenoxy) is 3. The molecule has 25 heavy (non-hydrogen) atoms. The number of hydrogen-bond donors (Lipinski definition) is 1. The number of carbonyl (C=O) groups is 2. The standard InChI is InChI=1S/C19H29NO5/c1-6-12-25-19(5,7-2)18(22)20-14-10-11-16(23-8-3)15(13-14)17(21)24-9-4/h10-11,13H,6-9,12H2,1-5H3,(H,20,22)/t19-/m0/s1. The largest absolute Gasteiger partial charge is 0.493 e. The van der Waals surface area contributed by atoms with E-state index in [2.05, 4.69) is 5.32 Å². The molecule has 1 rings (SSSR count). The second kappa shape index (κ2) is 10.0. The van der Waals surface area contributed by atoms with Crippen LogP contribution in [0.4, 0.5) is 5.69 Å². The fraction of sp³-hybridized carbons (Fsp3) is 0.579. The van der Waals surface area contributed by atoms with E-state index in [-0.39, 0.29) is 18.1 Å². The monoisotopic (exact) mass is 351 g/mol. The topological polar surface area (TPSA) is 73.9 Å². The molecule has 0 bridgehead atoms. The lowest BCUT2D eigenvalue weighted by atomic mass is 10.0. The zero-order valence-electron chi connectivity index (χ0n) is 15.8. The summed E-state index contributed by atoms with van der Waals surface area (Å²) in [6.45, 7) is 10.4. The summed E-state index contributed by atoms with van der Waals surface area (Å²) in [6, 6.07) is 4.92. The Balaban J connectivity index is 3.03. The second-order valence-corrected chi connectivity index (χ2v) is 5.75. The third-order valence-electron chi connectivity index (χ3n) is 3.81. The number of carbonyl (C=O) groups excluding carboxylic acids is 2. The summed E-state index contributed by atoms with van der Waals surface area (Å²) < 4.78 is 16.2. The lowest BCUT2D eigenvalue weighted by Gasteiger charge is -2.27. The van der Waals surface area contributed by atoms with Crippen molar-refractivity contribution in [2.24, 2.45) is 0 Å². The zero-order chi connectivity index (χ0) is 18.9. The van der Waals surface area contributed by atoms with Crippen molar-refractivity contribution in [1.29, 1.82) is 0 Å². The van der Waals surface area contributed by atoms with Gasteiger partial charge >= 0.3 is 5.97 Å². The summed E-state index contributed by atoms with van der Waals surface area (Å²) in [5.41, 5.74) is -0.135. The van der Waals surface area contributed by atoms with Gasteiger partial charge in [0.1, 0.15) is 16.9 Å². The zero-order valence-corrected chi connectivity index (χ0v) is 15.8. The number of hydrogen-bond acceptors (Lipinski definition) is 5. The van der Waals surface area contributed by atoms with Crippen LogP contribution in [0.15, 0.2) is 18.2 Å². The lowest BCUT2D eigenvalue weighted by Crippen LogP contribution is -2.42. The van der Waals surface area contributed by atoms with E-state index < -0.39 is 11.6 Å². The van der Waals surface area contributed by atoms with Gasteiger partial charge in [0.15, 0.2) is 0 Å². The first-order valence-electron chi connectivity index (χ1n) is 8.81. The third-order valence-corrected chi connectivity index (χ3v) is 3.81. The van der Waals surface area contributed by atoms with Crippen LogP contribution in [-0.2, 0) is 14.3 Å². The summed E-state index contributed by atoms with van der Waals surface area (Å²) in [4.78, 5) is 24.7. The van der Waals surface area contributed by atoms with E-state index in [0.717, 1.165) is 6.42 Å². The van der Waals surface area contributed by atoms with Gasteiger partial charge in [-0.2, -0.15) is 0 Å². The summed E-state index contributed by atoms with van der Waals surface area (Å²) in [7, 11) is 0. The maximum Gasteiger partial charge on any atom is 0.341 e. The first-order valence-corrected chi connectivity index (χ1v) is 8.81. The molecule has 6 heteroatoms. The van der Waals surface area contributed by atoms with E-state index in [1.165, 1.54) is 0 Å². The minimum Gasteiger partial charge on any atom is -0.493 e. The molecule has 1 atom stereocenters. The molecule has 0 aliphatic carbocycles. The highest BCUT2D eigenvalue weighted by Crippen LogP contribution is 2.26. The molecule has 0 radical (unpaired) electrons. The van der Waals surface area contributed by atoms with E-state index in [4.69, 9.17) is 14.2 Å². The van der Waals surface area contributed by atoms with Crippen LogP contribution in [0, 0.1) is 0 Å². The van der Waals surface area contributed by atoms with Crippen LogP contribution in [0.3, 0.4) is 0 Å². The van der Waals surface area contributed by atoms with Crippen LogP contribution in [0.25, 0.3) is 0 Å². The molecule has 1 aromatic rings. The highest BCUT2D eigenvalue weighted by atomic mass is 16.5. The number of esters is 1. The quantitative estimate of drug-likeness (QED) is 0.649. The normalized spacial score (nSPS) is 13.0. The number of rotatable bonds is 10. The van der Waals surface area contributed by atoms with Gasteiger partial charge in [0, 0.05) is 12.3 Å². The predicted molar refractivity (Wildman–Crippen MR) is 97.1 cm³/mol. The molecule has 0 aliphatic heterocycles. The Labute approximate surface area is 149 Å². The van der Waals surface area contributed by atoms with Crippen molar-refractivity contribution < 1.29 is 23.8 Å². The molecule has 0 fully saturated rings. The highest BCUT2D eigenvalue weighted by molar-refractivity contribution is 5.99. The van der Waals surface area contributed by atoms with Gasteiger partial charge < -0.3 is 19.5 Å². The van der Waals surface area contributed by atoms with Crippen molar-refractivity contribution in [3.63, 3.8) is 0 Å². The SMILES string of the molecule is CCCO[C@@](C)(CC)C(=O)Nc1ccc(OCC)c(C(=O)OCC)c1. The van der Waals surface area contributed by atoms with Gasteiger partial charge in [-0.05, 0) is 51.8 Å². The predicted octanol–water partition coefficient (Wildman–Crippen LogP) is 3.80. The van der Waals surface area contributed by atoms with Crippen LogP contribution in [0.2, 0.25) is 0 Å². The van der Waals surface area contributed by atoms with Gasteiger partial charge in [-0.3, -0.25) is 4.79 Å². The fourth-order valence-electron chi connectivity index (χ4n) is 2.18. The molecule has 0 aliphatic rings. The third kappa shape index (κ3) is 5.74. The average Bonchev–Trinajstić information content (AvgIpc) is 2.61. The minimum atomic E-state index is -0.918. The Morgan fingerprint density at radius 2 is 1.84 bits per heavy atom. The molecule has 0 heterocycles. The number of amides is 1. The Morgan fingerprint density at radius 3 is 2.40 bits per heavy atom. The molecule has 0 saturated carbocycles. The van der Waals surface area contributed by atoms with Crippen molar-refractivity contribution >= 4 is 17.6 Å². The van der Waals surface area contributed by atoms with Gasteiger partial charge in [-0.1, -0.05) is 13.8 Å². The second-order valence-electron chi connectivity index (χ2n) is 5.75. The van der Waals surface area contributed by atoms with Crippen LogP contribution < -0.4 is 10.1 Å². The minimum absolute atomic E-state index is 0.248. The highest BCUT2D eigenvalue weighted by Gasteiger charge is 2.32. The van der Waals surface area contributed by atoms with Crippen LogP contribution in [0.5, 0.6) is 5.75 Å². The van der Waals surface area contributed by atoms with Gasteiger partial charge in [-0.15, -0.1) is 0 Å². The van der Waals surface area contributed by atoms with Crippen molar-refractivity contribution in [2.45, 2.75) is 53.1 Å². The lowest BCUT2D eigenvalue weighted by molar-refractivity contribution is -0.139. The van der Waals surface area contributed by atoms with E-state index >= 15 is 0 Å². The fourth-order valence-corrected chi connectivity index (χ4v) is 2.18. The van der Waals surface area contributed by atoms with Gasteiger partial charge in [0.05, 0.1) is 13.2 Å². The first kappa shape index (κ1) is 21.0. The summed E-state index contributed by atoms with van der Waals surface area (Å²) in [6.07, 6.45) is 1.37. The van der Waals surface area contributed by atoms with Crippen LogP contribution in [0.1, 0.15) is 57.8 Å². The van der Waals surface area contributed by atoms with Gasteiger partial charge in [0.25, 0.3) is 5.91 Å². The van der Waals surface area contributed by atoms with E-state index in [1.54, 1.807) is 32.0 Å². The van der Waals surface area contributed by atoms with E-state index in [0.29, 0.717) is 31.1 Å².